The molecule has 0 spiro atoms. The van der Waals surface area contributed by atoms with Crippen molar-refractivity contribution in [3.63, 3.8) is 0 Å². The van der Waals surface area contributed by atoms with E-state index in [0.717, 1.165) is 5.39 Å². The molecule has 7 heteroatoms. The van der Waals surface area contributed by atoms with E-state index in [4.69, 9.17) is 30.5 Å². The van der Waals surface area contributed by atoms with E-state index in [1.807, 2.05) is 13.8 Å². The fourth-order valence-corrected chi connectivity index (χ4v) is 2.16. The Hall–Kier alpha value is -1.63. The minimum absolute atomic E-state index is 0.380. The highest BCUT2D eigenvalue weighted by Crippen LogP contribution is 2.34. The average molecular weight is 341 g/mol. The number of hydrogen-bond donors (Lipinski definition) is 0. The zero-order chi connectivity index (χ0) is 16.5. The van der Waals surface area contributed by atoms with E-state index >= 15 is 0 Å². The van der Waals surface area contributed by atoms with E-state index in [0.29, 0.717) is 61.8 Å². The summed E-state index contributed by atoms with van der Waals surface area (Å²) in [6.45, 7) is 7.06. The lowest BCUT2D eigenvalue weighted by atomic mass is 10.2. The number of hydrogen-bond acceptors (Lipinski definition) is 6. The Bertz CT molecular complexity index is 624. The number of rotatable bonds is 10. The molecule has 0 aliphatic rings. The van der Waals surface area contributed by atoms with Gasteiger partial charge in [-0.3, -0.25) is 0 Å². The molecule has 0 aliphatic heterocycles. The zero-order valence-electron chi connectivity index (χ0n) is 13.4. The lowest BCUT2D eigenvalue weighted by molar-refractivity contribution is 0.100. The van der Waals surface area contributed by atoms with Crippen molar-refractivity contribution in [2.75, 3.05) is 39.6 Å². The van der Waals surface area contributed by atoms with Gasteiger partial charge < -0.3 is 18.9 Å². The third-order valence-corrected chi connectivity index (χ3v) is 3.33. The van der Waals surface area contributed by atoms with E-state index in [1.54, 1.807) is 12.1 Å². The number of benzene rings is 1. The molecule has 126 valence electrons. The van der Waals surface area contributed by atoms with Crippen LogP contribution in [0.1, 0.15) is 13.8 Å². The van der Waals surface area contributed by atoms with Crippen molar-refractivity contribution >= 4 is 22.5 Å². The van der Waals surface area contributed by atoms with Crippen LogP contribution in [-0.4, -0.2) is 49.6 Å². The maximum atomic E-state index is 6.12. The zero-order valence-corrected chi connectivity index (χ0v) is 14.1. The van der Waals surface area contributed by atoms with Crippen LogP contribution in [0.25, 0.3) is 10.9 Å². The van der Waals surface area contributed by atoms with Gasteiger partial charge in [0, 0.05) is 24.7 Å². The maximum absolute atomic E-state index is 6.12. The molecule has 1 heterocycles. The van der Waals surface area contributed by atoms with Gasteiger partial charge in [-0.2, -0.15) is 0 Å². The average Bonchev–Trinajstić information content (AvgIpc) is 2.56. The summed E-state index contributed by atoms with van der Waals surface area (Å²) in [4.78, 5) is 8.20. The Labute approximate surface area is 140 Å². The number of ether oxygens (including phenoxy) is 4. The number of nitrogens with zero attached hydrogens (tertiary/aromatic N) is 2. The summed E-state index contributed by atoms with van der Waals surface area (Å²) in [6, 6.07) is 3.59. The molecule has 1 aromatic heterocycles. The Kier molecular flexibility index (Phi) is 7.32. The van der Waals surface area contributed by atoms with Crippen molar-refractivity contribution in [2.24, 2.45) is 0 Å². The molecular weight excluding hydrogens is 320 g/mol. The summed E-state index contributed by atoms with van der Waals surface area (Å²) in [5.74, 6) is 1.19. The van der Waals surface area contributed by atoms with Gasteiger partial charge in [0.15, 0.2) is 11.5 Å². The van der Waals surface area contributed by atoms with E-state index < -0.39 is 0 Å². The highest BCUT2D eigenvalue weighted by molar-refractivity contribution is 6.34. The van der Waals surface area contributed by atoms with Crippen molar-refractivity contribution in [3.8, 4) is 11.5 Å². The molecule has 6 nitrogen and oxygen atoms in total. The van der Waals surface area contributed by atoms with Gasteiger partial charge in [0.2, 0.25) is 0 Å². The highest BCUT2D eigenvalue weighted by atomic mass is 35.5. The van der Waals surface area contributed by atoms with Gasteiger partial charge in [0.05, 0.1) is 18.7 Å². The molecule has 0 aliphatic carbocycles. The van der Waals surface area contributed by atoms with Crippen LogP contribution in [0.4, 0.5) is 0 Å². The summed E-state index contributed by atoms with van der Waals surface area (Å²) < 4.78 is 22.1. The standard InChI is InChI=1S/C16H21ClN2O4/c1-3-20-5-7-22-14-9-12-13(18-11-19-16(12)17)10-15(14)23-8-6-21-4-2/h9-11H,3-8H2,1-2H3. The van der Waals surface area contributed by atoms with Gasteiger partial charge in [-0.15, -0.1) is 0 Å². The normalized spacial score (nSPS) is 10.9. The molecule has 0 amide bonds. The molecule has 0 saturated heterocycles. The number of fused-ring (bicyclic) bond motifs is 1. The fraction of sp³-hybridized carbons (Fsp3) is 0.500. The van der Waals surface area contributed by atoms with Gasteiger partial charge in [0.1, 0.15) is 24.7 Å². The fourth-order valence-electron chi connectivity index (χ4n) is 1.97. The van der Waals surface area contributed by atoms with Crippen molar-refractivity contribution in [3.05, 3.63) is 23.6 Å². The first kappa shape index (κ1) is 17.7. The molecule has 0 N–H and O–H groups in total. The molecule has 2 rings (SSSR count). The van der Waals surface area contributed by atoms with E-state index in [2.05, 4.69) is 9.97 Å². The van der Waals surface area contributed by atoms with Crippen LogP contribution in [0.5, 0.6) is 11.5 Å². The lowest BCUT2D eigenvalue weighted by Crippen LogP contribution is -2.10. The monoisotopic (exact) mass is 340 g/mol. The molecule has 0 radical (unpaired) electrons. The predicted molar refractivity (Wildman–Crippen MR) is 88.5 cm³/mol. The summed E-state index contributed by atoms with van der Waals surface area (Å²) in [6.07, 6.45) is 1.42. The second kappa shape index (κ2) is 9.50. The molecule has 0 fully saturated rings. The topological polar surface area (TPSA) is 62.7 Å². The van der Waals surface area contributed by atoms with E-state index in [1.165, 1.54) is 6.33 Å². The van der Waals surface area contributed by atoms with Crippen LogP contribution in [0.15, 0.2) is 18.5 Å². The molecule has 0 unspecified atom stereocenters. The molecule has 0 bridgehead atoms. The van der Waals surface area contributed by atoms with Crippen molar-refractivity contribution in [1.29, 1.82) is 0 Å². The molecule has 0 atom stereocenters. The molecule has 1 aromatic carbocycles. The van der Waals surface area contributed by atoms with Crippen molar-refractivity contribution in [2.45, 2.75) is 13.8 Å². The van der Waals surface area contributed by atoms with Gasteiger partial charge >= 0.3 is 0 Å². The summed E-state index contributed by atoms with van der Waals surface area (Å²) in [5.41, 5.74) is 0.702. The summed E-state index contributed by atoms with van der Waals surface area (Å²) in [5, 5.41) is 1.10. The van der Waals surface area contributed by atoms with Gasteiger partial charge in [-0.05, 0) is 19.9 Å². The first-order chi connectivity index (χ1) is 11.3. The second-order valence-corrected chi connectivity index (χ2v) is 4.93. The van der Waals surface area contributed by atoms with Crippen molar-refractivity contribution < 1.29 is 18.9 Å². The van der Waals surface area contributed by atoms with E-state index in [-0.39, 0.29) is 0 Å². The minimum atomic E-state index is 0.380. The smallest absolute Gasteiger partial charge is 0.163 e. The Morgan fingerprint density at radius 2 is 1.48 bits per heavy atom. The molecule has 23 heavy (non-hydrogen) atoms. The third kappa shape index (κ3) is 5.20. The summed E-state index contributed by atoms with van der Waals surface area (Å²) in [7, 11) is 0. The largest absolute Gasteiger partial charge is 0.487 e. The quantitative estimate of drug-likeness (QED) is 0.489. The predicted octanol–water partition coefficient (Wildman–Crippen LogP) is 3.11. The molecule has 0 saturated carbocycles. The Morgan fingerprint density at radius 3 is 2.09 bits per heavy atom. The minimum Gasteiger partial charge on any atom is -0.487 e. The van der Waals surface area contributed by atoms with Gasteiger partial charge in [0.25, 0.3) is 0 Å². The Morgan fingerprint density at radius 1 is 0.870 bits per heavy atom. The van der Waals surface area contributed by atoms with Crippen LogP contribution in [0, 0.1) is 0 Å². The SMILES string of the molecule is CCOCCOc1cc2ncnc(Cl)c2cc1OCCOCC. The van der Waals surface area contributed by atoms with Crippen LogP contribution >= 0.6 is 11.6 Å². The number of halogens is 1. The van der Waals surface area contributed by atoms with Crippen LogP contribution in [-0.2, 0) is 9.47 Å². The lowest BCUT2D eigenvalue weighted by Gasteiger charge is -2.14. The Balaban J connectivity index is 2.17. The first-order valence-electron chi connectivity index (χ1n) is 7.61. The number of aromatic nitrogens is 2. The first-order valence-corrected chi connectivity index (χ1v) is 7.99. The second-order valence-electron chi connectivity index (χ2n) is 4.57. The summed E-state index contributed by atoms with van der Waals surface area (Å²) >= 11 is 6.12. The third-order valence-electron chi connectivity index (χ3n) is 3.03. The van der Waals surface area contributed by atoms with Crippen LogP contribution in [0.3, 0.4) is 0 Å². The van der Waals surface area contributed by atoms with Gasteiger partial charge in [-0.1, -0.05) is 11.6 Å². The molecule has 2 aromatic rings. The maximum Gasteiger partial charge on any atom is 0.163 e. The van der Waals surface area contributed by atoms with Crippen LogP contribution < -0.4 is 9.47 Å². The highest BCUT2D eigenvalue weighted by Gasteiger charge is 2.11. The molecular formula is C16H21ClN2O4. The van der Waals surface area contributed by atoms with Crippen LogP contribution in [0.2, 0.25) is 5.15 Å². The van der Waals surface area contributed by atoms with Crippen molar-refractivity contribution in [1.82, 2.24) is 9.97 Å². The van der Waals surface area contributed by atoms with E-state index in [9.17, 15) is 0 Å². The van der Waals surface area contributed by atoms with Gasteiger partial charge in [-0.25, -0.2) is 9.97 Å².